The van der Waals surface area contributed by atoms with Gasteiger partial charge in [0.15, 0.2) is 5.16 Å². The molecular weight excluding hydrogens is 388 g/mol. The Kier molecular flexibility index (Phi) is 6.66. The van der Waals surface area contributed by atoms with E-state index in [0.29, 0.717) is 16.1 Å². The predicted octanol–water partition coefficient (Wildman–Crippen LogP) is 1.90. The molecule has 0 aliphatic carbocycles. The van der Waals surface area contributed by atoms with Crippen molar-refractivity contribution in [2.24, 2.45) is 0 Å². The average Bonchev–Trinajstić information content (AvgIpc) is 2.76. The standard InChI is InChI=1S/C21H22N4O3S/c1-3-14-8-4-7-11-17(14)25-20(28)15-9-5-6-10-16(15)24-21(25)29-13-19(27)23-12-18(26)22-2/h4-11H,3,12-13H2,1-2H3,(H,22,26)(H,23,27). The Morgan fingerprint density at radius 3 is 2.55 bits per heavy atom. The van der Waals surface area contributed by atoms with Crippen LogP contribution >= 0.6 is 11.8 Å². The fourth-order valence-electron chi connectivity index (χ4n) is 2.90. The highest BCUT2D eigenvalue weighted by molar-refractivity contribution is 7.99. The summed E-state index contributed by atoms with van der Waals surface area (Å²) < 4.78 is 1.57. The van der Waals surface area contributed by atoms with Gasteiger partial charge in [-0.2, -0.15) is 0 Å². The van der Waals surface area contributed by atoms with Gasteiger partial charge in [0.1, 0.15) is 0 Å². The maximum Gasteiger partial charge on any atom is 0.266 e. The molecule has 0 aliphatic rings. The lowest BCUT2D eigenvalue weighted by Crippen LogP contribution is -2.36. The highest BCUT2D eigenvalue weighted by Crippen LogP contribution is 2.23. The van der Waals surface area contributed by atoms with Crippen molar-refractivity contribution in [3.63, 3.8) is 0 Å². The number of carbonyl (C=O) groups excluding carboxylic acids is 2. The molecule has 3 rings (SSSR count). The zero-order valence-corrected chi connectivity index (χ0v) is 17.1. The average molecular weight is 410 g/mol. The molecule has 0 bridgehead atoms. The van der Waals surface area contributed by atoms with E-state index in [9.17, 15) is 14.4 Å². The summed E-state index contributed by atoms with van der Waals surface area (Å²) in [5, 5.41) is 5.95. The van der Waals surface area contributed by atoms with Crippen LogP contribution in [0.4, 0.5) is 0 Å². The third-order valence-electron chi connectivity index (χ3n) is 4.42. The van der Waals surface area contributed by atoms with Gasteiger partial charge < -0.3 is 10.6 Å². The van der Waals surface area contributed by atoms with E-state index in [2.05, 4.69) is 15.6 Å². The number of nitrogens with zero attached hydrogens (tertiary/aromatic N) is 2. The monoisotopic (exact) mass is 410 g/mol. The molecule has 150 valence electrons. The molecule has 29 heavy (non-hydrogen) atoms. The Morgan fingerprint density at radius 1 is 1.07 bits per heavy atom. The SMILES string of the molecule is CCc1ccccc1-n1c(SCC(=O)NCC(=O)NC)nc2ccccc2c1=O. The van der Waals surface area contributed by atoms with E-state index >= 15 is 0 Å². The third-order valence-corrected chi connectivity index (χ3v) is 5.35. The summed E-state index contributed by atoms with van der Waals surface area (Å²) in [6, 6.07) is 14.8. The van der Waals surface area contributed by atoms with Crippen LogP contribution < -0.4 is 16.2 Å². The van der Waals surface area contributed by atoms with Crippen molar-refractivity contribution in [1.82, 2.24) is 20.2 Å². The summed E-state index contributed by atoms with van der Waals surface area (Å²) >= 11 is 1.17. The van der Waals surface area contributed by atoms with Crippen LogP contribution in [0, 0.1) is 0 Å². The summed E-state index contributed by atoms with van der Waals surface area (Å²) in [5.41, 5.74) is 2.17. The van der Waals surface area contributed by atoms with Gasteiger partial charge in [-0.1, -0.05) is 49.0 Å². The Labute approximate surface area is 172 Å². The number of nitrogens with one attached hydrogen (secondary N) is 2. The minimum absolute atomic E-state index is 0.0378. The molecule has 1 heterocycles. The number of hydrogen-bond donors (Lipinski definition) is 2. The maximum atomic E-state index is 13.3. The predicted molar refractivity (Wildman–Crippen MR) is 115 cm³/mol. The number of para-hydroxylation sites is 2. The summed E-state index contributed by atoms with van der Waals surface area (Å²) in [5.74, 6) is -0.548. The Balaban J connectivity index is 2.00. The van der Waals surface area contributed by atoms with Crippen molar-refractivity contribution in [1.29, 1.82) is 0 Å². The number of rotatable bonds is 7. The summed E-state index contributed by atoms with van der Waals surface area (Å²) in [4.78, 5) is 41.3. The van der Waals surface area contributed by atoms with Crippen molar-refractivity contribution in [2.75, 3.05) is 19.3 Å². The van der Waals surface area contributed by atoms with Gasteiger partial charge in [0.25, 0.3) is 5.56 Å². The first kappa shape index (κ1) is 20.6. The first-order valence-electron chi connectivity index (χ1n) is 9.25. The van der Waals surface area contributed by atoms with E-state index in [0.717, 1.165) is 17.7 Å². The van der Waals surface area contributed by atoms with Gasteiger partial charge >= 0.3 is 0 Å². The van der Waals surface area contributed by atoms with Crippen LogP contribution in [0.15, 0.2) is 58.5 Å². The van der Waals surface area contributed by atoms with E-state index in [-0.39, 0.29) is 29.7 Å². The number of aryl methyl sites for hydroxylation is 1. The molecule has 0 fully saturated rings. The number of likely N-dealkylation sites (N-methyl/N-ethyl adjacent to an activating group) is 1. The quantitative estimate of drug-likeness (QED) is 0.458. The van der Waals surface area contributed by atoms with Crippen LogP contribution in [0.3, 0.4) is 0 Å². The molecule has 3 aromatic rings. The van der Waals surface area contributed by atoms with Gasteiger partial charge in [0, 0.05) is 7.05 Å². The van der Waals surface area contributed by atoms with E-state index in [4.69, 9.17) is 0 Å². The smallest absolute Gasteiger partial charge is 0.266 e. The third kappa shape index (κ3) is 4.65. The molecular formula is C21H22N4O3S. The summed E-state index contributed by atoms with van der Waals surface area (Å²) in [6.45, 7) is 1.93. The van der Waals surface area contributed by atoms with Crippen LogP contribution in [0.5, 0.6) is 0 Å². The maximum absolute atomic E-state index is 13.3. The molecule has 8 heteroatoms. The molecule has 0 spiro atoms. The molecule has 0 saturated carbocycles. The summed E-state index contributed by atoms with van der Waals surface area (Å²) in [7, 11) is 1.51. The first-order valence-corrected chi connectivity index (χ1v) is 10.2. The van der Waals surface area contributed by atoms with Gasteiger partial charge in [0.05, 0.1) is 28.9 Å². The molecule has 1 aromatic heterocycles. The van der Waals surface area contributed by atoms with Crippen molar-refractivity contribution < 1.29 is 9.59 Å². The number of fused-ring (bicyclic) bond motifs is 1. The topological polar surface area (TPSA) is 93.1 Å². The lowest BCUT2D eigenvalue weighted by atomic mass is 10.1. The Morgan fingerprint density at radius 2 is 1.79 bits per heavy atom. The number of amides is 2. The van der Waals surface area contributed by atoms with Crippen LogP contribution in [-0.4, -0.2) is 40.7 Å². The second-order valence-corrected chi connectivity index (χ2v) is 7.22. The fraction of sp³-hybridized carbons (Fsp3) is 0.238. The fourth-order valence-corrected chi connectivity index (χ4v) is 3.73. The van der Waals surface area contributed by atoms with Crippen LogP contribution in [0.1, 0.15) is 12.5 Å². The van der Waals surface area contributed by atoms with Crippen LogP contribution in [0.25, 0.3) is 16.6 Å². The number of carbonyl (C=O) groups is 2. The minimum atomic E-state index is -0.309. The molecule has 0 atom stereocenters. The summed E-state index contributed by atoms with van der Waals surface area (Å²) in [6.07, 6.45) is 0.756. The van der Waals surface area contributed by atoms with Crippen LogP contribution in [0.2, 0.25) is 0 Å². The van der Waals surface area contributed by atoms with Crippen LogP contribution in [-0.2, 0) is 16.0 Å². The van der Waals surface area contributed by atoms with Gasteiger partial charge in [0.2, 0.25) is 11.8 Å². The van der Waals surface area contributed by atoms with Gasteiger partial charge in [-0.15, -0.1) is 0 Å². The largest absolute Gasteiger partial charge is 0.358 e. The second kappa shape index (κ2) is 9.38. The normalized spacial score (nSPS) is 10.7. The lowest BCUT2D eigenvalue weighted by Gasteiger charge is -2.16. The lowest BCUT2D eigenvalue weighted by molar-refractivity contribution is -0.124. The van der Waals surface area contributed by atoms with Crippen molar-refractivity contribution in [3.8, 4) is 5.69 Å². The highest BCUT2D eigenvalue weighted by atomic mass is 32.2. The van der Waals surface area contributed by atoms with Gasteiger partial charge in [-0.05, 0) is 30.2 Å². The van der Waals surface area contributed by atoms with E-state index in [1.54, 1.807) is 22.8 Å². The Hall–Kier alpha value is -3.13. The molecule has 0 radical (unpaired) electrons. The minimum Gasteiger partial charge on any atom is -0.358 e. The molecule has 0 unspecified atom stereocenters. The molecule has 2 aromatic carbocycles. The van der Waals surface area contributed by atoms with Gasteiger partial charge in [-0.3, -0.25) is 19.0 Å². The zero-order chi connectivity index (χ0) is 20.8. The van der Waals surface area contributed by atoms with E-state index in [1.807, 2.05) is 37.3 Å². The van der Waals surface area contributed by atoms with Crippen molar-refractivity contribution >= 4 is 34.5 Å². The molecule has 0 aliphatic heterocycles. The molecule has 0 saturated heterocycles. The Bertz CT molecular complexity index is 1110. The highest BCUT2D eigenvalue weighted by Gasteiger charge is 2.16. The van der Waals surface area contributed by atoms with Crippen molar-refractivity contribution in [3.05, 3.63) is 64.4 Å². The number of benzene rings is 2. The number of thioether (sulfide) groups is 1. The van der Waals surface area contributed by atoms with Crippen molar-refractivity contribution in [2.45, 2.75) is 18.5 Å². The first-order chi connectivity index (χ1) is 14.0. The molecule has 2 amide bonds. The second-order valence-electron chi connectivity index (χ2n) is 6.27. The van der Waals surface area contributed by atoms with E-state index in [1.165, 1.54) is 18.8 Å². The molecule has 2 N–H and O–H groups in total. The number of hydrogen-bond acceptors (Lipinski definition) is 5. The van der Waals surface area contributed by atoms with E-state index < -0.39 is 0 Å². The zero-order valence-electron chi connectivity index (χ0n) is 16.3. The molecule has 7 nitrogen and oxygen atoms in total. The van der Waals surface area contributed by atoms with Gasteiger partial charge in [-0.25, -0.2) is 4.98 Å². The number of aromatic nitrogens is 2.